The maximum Gasteiger partial charge on any atom is 0.268 e. The summed E-state index contributed by atoms with van der Waals surface area (Å²) in [6, 6.07) is 90.6. The standard InChI is InChI=1S/C88H72N6O.Pt/c1-85(2,3)54-40-43-89-82(46-54)94-78-37-22-17-32-66(78)67-39-38-59(50-79(67)94)95-58-25-23-24-56(47-58)90-53-91-83-71(48-57(49-80(83)90)92-74-33-18-13-28-62(74)63-29-14-19-34-75(63)92)61-27-12-11-26-60(61)68-51-72-73(88(9,10)42-41-87(72,7)8)52-69(68)70-44-55(86(4,5)6)45-81(84(70)91)93-76-35-20-15-30-64(76)65-31-16-21-36-77(65)93;/h11-40,43-46,48-49,51-52H,41-42H2,1-10H3;/q-2;. The Hall–Kier alpha value is -10.1. The topological polar surface area (TPSA) is 45.7 Å². The molecule has 0 N–H and O–H groups in total. The molecule has 0 saturated carbocycles. The second-order valence-electron chi connectivity index (χ2n) is 29.9. The zero-order valence-corrected chi connectivity index (χ0v) is 58.0. The number of aromatic nitrogens is 6. The van der Waals surface area contributed by atoms with Crippen LogP contribution in [0, 0.1) is 18.5 Å². The van der Waals surface area contributed by atoms with Crippen LogP contribution in [0.3, 0.4) is 0 Å². The second-order valence-corrected chi connectivity index (χ2v) is 29.9. The number of fused-ring (bicyclic) bond motifs is 17. The van der Waals surface area contributed by atoms with Gasteiger partial charge in [0.2, 0.25) is 0 Å². The fourth-order valence-electron chi connectivity index (χ4n) is 15.9. The van der Waals surface area contributed by atoms with Gasteiger partial charge in [-0.1, -0.05) is 202 Å². The van der Waals surface area contributed by atoms with Crippen LogP contribution in [0.5, 0.6) is 11.5 Å². The maximum absolute atomic E-state index is 7.06. The largest absolute Gasteiger partial charge is 0.510 e. The number of ether oxygens (including phenoxy) is 1. The van der Waals surface area contributed by atoms with Gasteiger partial charge in [0.05, 0.1) is 44.5 Å². The Kier molecular flexibility index (Phi) is 13.3. The molecule has 0 amide bonds. The van der Waals surface area contributed by atoms with Gasteiger partial charge in [0.25, 0.3) is 6.33 Å². The van der Waals surface area contributed by atoms with Crippen molar-refractivity contribution in [2.24, 2.45) is 0 Å². The van der Waals surface area contributed by atoms with Crippen LogP contribution in [-0.2, 0) is 42.7 Å². The summed E-state index contributed by atoms with van der Waals surface area (Å²) in [6.07, 6.45) is 8.34. The first-order chi connectivity index (χ1) is 45.9. The average molecular weight is 1420 g/mol. The zero-order chi connectivity index (χ0) is 64.6. The van der Waals surface area contributed by atoms with Gasteiger partial charge >= 0.3 is 0 Å². The molecule has 18 rings (SSSR count). The quantitative estimate of drug-likeness (QED) is 0.123. The third kappa shape index (κ3) is 9.09. The van der Waals surface area contributed by atoms with Gasteiger partial charge in [-0.15, -0.1) is 29.7 Å². The first-order valence-electron chi connectivity index (χ1n) is 33.5. The molecule has 0 fully saturated rings. The number of para-hydroxylation sites is 5. The Morgan fingerprint density at radius 1 is 0.427 bits per heavy atom. The third-order valence-corrected chi connectivity index (χ3v) is 21.0. The molecular weight excluding hydrogens is 1350 g/mol. The zero-order valence-electron chi connectivity index (χ0n) is 55.8. The Labute approximate surface area is 574 Å². The van der Waals surface area contributed by atoms with Crippen LogP contribution in [0.25, 0.3) is 138 Å². The number of hydrogen-bond donors (Lipinski definition) is 0. The van der Waals surface area contributed by atoms with E-state index in [1.54, 1.807) is 0 Å². The Morgan fingerprint density at radius 3 is 1.52 bits per heavy atom. The first kappa shape index (κ1) is 59.7. The molecule has 11 aromatic carbocycles. The van der Waals surface area contributed by atoms with Gasteiger partial charge in [-0.3, -0.25) is 4.57 Å². The molecule has 0 atom stereocenters. The van der Waals surface area contributed by atoms with E-state index in [1.165, 1.54) is 60.5 Å². The summed E-state index contributed by atoms with van der Waals surface area (Å²) in [7, 11) is 0. The van der Waals surface area contributed by atoms with E-state index in [0.29, 0.717) is 11.5 Å². The number of benzene rings is 11. The van der Waals surface area contributed by atoms with Crippen LogP contribution in [-0.4, -0.2) is 23.3 Å². The Balaban J connectivity index is 0.00000697. The van der Waals surface area contributed by atoms with Gasteiger partial charge in [-0.2, -0.15) is 18.2 Å². The van der Waals surface area contributed by atoms with Gasteiger partial charge in [0.15, 0.2) is 0 Å². The minimum Gasteiger partial charge on any atom is -0.510 e. The number of hydrogen-bond acceptors (Lipinski definition) is 2. The molecule has 8 heteroatoms. The molecule has 16 aromatic rings. The molecule has 0 spiro atoms. The van der Waals surface area contributed by atoms with Crippen LogP contribution < -0.4 is 9.30 Å². The van der Waals surface area contributed by atoms with Crippen molar-refractivity contribution < 1.29 is 30.4 Å². The van der Waals surface area contributed by atoms with E-state index in [1.807, 2.05) is 18.3 Å². The molecule has 472 valence electrons. The van der Waals surface area contributed by atoms with Gasteiger partial charge in [0, 0.05) is 71.5 Å². The summed E-state index contributed by atoms with van der Waals surface area (Å²) in [5.41, 5.74) is 24.2. The molecule has 0 bridgehead atoms. The minimum absolute atomic E-state index is 0. The van der Waals surface area contributed by atoms with E-state index >= 15 is 0 Å². The monoisotopic (exact) mass is 1420 g/mol. The molecule has 96 heavy (non-hydrogen) atoms. The molecule has 1 aliphatic carbocycles. The first-order valence-corrected chi connectivity index (χ1v) is 33.5. The van der Waals surface area contributed by atoms with Crippen molar-refractivity contribution >= 4 is 76.5 Å². The van der Waals surface area contributed by atoms with Crippen molar-refractivity contribution in [1.82, 2.24) is 23.3 Å². The summed E-state index contributed by atoms with van der Waals surface area (Å²) in [5.74, 6) is 1.95. The fraction of sp³-hybridized carbons (Fsp3) is 0.182. The van der Waals surface area contributed by atoms with Crippen LogP contribution >= 0.6 is 0 Å². The Morgan fingerprint density at radius 2 is 0.938 bits per heavy atom. The fourth-order valence-corrected chi connectivity index (χ4v) is 15.9. The van der Waals surface area contributed by atoms with E-state index < -0.39 is 0 Å². The normalized spacial score (nSPS) is 14.1. The summed E-state index contributed by atoms with van der Waals surface area (Å²) in [4.78, 5) is 4.98. The van der Waals surface area contributed by atoms with Crippen molar-refractivity contribution in [1.29, 1.82) is 0 Å². The summed E-state index contributed by atoms with van der Waals surface area (Å²) >= 11 is 0. The van der Waals surface area contributed by atoms with Gasteiger partial charge < -0.3 is 23.0 Å². The average Bonchev–Trinajstić information content (AvgIpc) is 1.46. The molecule has 6 heterocycles. The number of imidazole rings is 1. The summed E-state index contributed by atoms with van der Waals surface area (Å²) in [6.45, 7) is 23.6. The van der Waals surface area contributed by atoms with Crippen molar-refractivity contribution in [3.63, 3.8) is 0 Å². The van der Waals surface area contributed by atoms with Crippen molar-refractivity contribution in [3.8, 4) is 73.4 Å². The van der Waals surface area contributed by atoms with Crippen LogP contribution in [0.1, 0.15) is 104 Å². The minimum atomic E-state index is -0.249. The molecule has 0 radical (unpaired) electrons. The third-order valence-electron chi connectivity index (χ3n) is 21.0. The van der Waals surface area contributed by atoms with Crippen LogP contribution in [0.2, 0.25) is 0 Å². The van der Waals surface area contributed by atoms with Gasteiger partial charge in [-0.25, -0.2) is 4.98 Å². The molecule has 0 unspecified atom stereocenters. The summed E-state index contributed by atoms with van der Waals surface area (Å²) < 4.78 is 18.9. The van der Waals surface area contributed by atoms with E-state index in [-0.39, 0.29) is 42.7 Å². The SMILES string of the molecule is CC(C)(C)c1ccnc(-n2c3[c-]c(Oc4[c-]c(-n5[c-][n+]6c7c(cc(-n8c9ccccc9c9ccccc98)cc75)-c5ccccc5-c5cc7c(cc5-c5cc(C(C)(C)C)cc(-n8c9ccccc9c9ccccc98)c5-6)C(C)(C)CCC7(C)C)ccc4)ccc3c3ccccc32)c1.[Pt]. The van der Waals surface area contributed by atoms with Gasteiger partial charge in [-0.05, 0) is 168 Å². The van der Waals surface area contributed by atoms with E-state index in [0.717, 1.165) is 113 Å². The molecule has 7 nitrogen and oxygen atoms in total. The van der Waals surface area contributed by atoms with Gasteiger partial charge in [0.1, 0.15) is 5.82 Å². The predicted octanol–water partition coefficient (Wildman–Crippen LogP) is 22.0. The second kappa shape index (κ2) is 21.5. The number of rotatable bonds is 6. The van der Waals surface area contributed by atoms with Crippen molar-refractivity contribution in [2.45, 2.75) is 104 Å². The molecule has 1 aliphatic heterocycles. The molecular formula is C88H72N6OPt-2. The number of pyridine rings is 1. The van der Waals surface area contributed by atoms with E-state index in [2.05, 4.69) is 323 Å². The molecule has 0 saturated heterocycles. The van der Waals surface area contributed by atoms with Crippen LogP contribution in [0.15, 0.2) is 231 Å². The smallest absolute Gasteiger partial charge is 0.268 e. The Bertz CT molecular complexity index is 5820. The van der Waals surface area contributed by atoms with E-state index in [9.17, 15) is 0 Å². The molecule has 2 aliphatic rings. The van der Waals surface area contributed by atoms with Crippen molar-refractivity contribution in [2.75, 3.05) is 0 Å². The van der Waals surface area contributed by atoms with E-state index in [4.69, 9.17) is 9.72 Å². The van der Waals surface area contributed by atoms with Crippen molar-refractivity contribution in [3.05, 3.63) is 271 Å². The van der Waals surface area contributed by atoms with Crippen LogP contribution in [0.4, 0.5) is 0 Å². The molecule has 5 aromatic heterocycles. The maximum atomic E-state index is 7.06. The summed E-state index contributed by atoms with van der Waals surface area (Å²) in [5, 5.41) is 7.01. The predicted molar refractivity (Wildman–Crippen MR) is 391 cm³/mol. The number of nitrogens with zero attached hydrogens (tertiary/aromatic N) is 6.